The lowest BCUT2D eigenvalue weighted by Gasteiger charge is -2.25. The molecule has 3 N–H and O–H groups in total. The maximum absolute atomic E-state index is 9.41. The third-order valence-electron chi connectivity index (χ3n) is 2.90. The van der Waals surface area contributed by atoms with E-state index in [1.165, 1.54) is 6.07 Å². The van der Waals surface area contributed by atoms with E-state index in [9.17, 15) is 5.11 Å². The standard InChI is InChI=1S/C13H14N2O2/c1-2-3-9-10-5-4-8(16)6-12(10)17-13(15)11(9)7-14/h4-6,9,16H,2-3,15H2,1H3/t9-/m1/s1. The van der Waals surface area contributed by atoms with Crippen LogP contribution in [-0.4, -0.2) is 5.11 Å². The van der Waals surface area contributed by atoms with Gasteiger partial charge < -0.3 is 15.6 Å². The molecule has 0 bridgehead atoms. The molecule has 0 fully saturated rings. The molecule has 0 spiro atoms. The molecule has 17 heavy (non-hydrogen) atoms. The maximum Gasteiger partial charge on any atom is 0.205 e. The number of fused-ring (bicyclic) bond motifs is 1. The lowest BCUT2D eigenvalue weighted by molar-refractivity contribution is 0.380. The van der Waals surface area contributed by atoms with Crippen LogP contribution in [0.5, 0.6) is 11.5 Å². The van der Waals surface area contributed by atoms with Gasteiger partial charge >= 0.3 is 0 Å². The smallest absolute Gasteiger partial charge is 0.205 e. The molecule has 4 nitrogen and oxygen atoms in total. The van der Waals surface area contributed by atoms with Crippen molar-refractivity contribution in [2.75, 3.05) is 0 Å². The number of aromatic hydroxyl groups is 1. The lowest BCUT2D eigenvalue weighted by Crippen LogP contribution is -2.20. The second-order valence-corrected chi connectivity index (χ2v) is 4.06. The normalized spacial score (nSPS) is 18.2. The van der Waals surface area contributed by atoms with Crippen molar-refractivity contribution in [2.24, 2.45) is 5.73 Å². The van der Waals surface area contributed by atoms with Gasteiger partial charge in [-0.2, -0.15) is 5.26 Å². The highest BCUT2D eigenvalue weighted by Gasteiger charge is 2.28. The minimum Gasteiger partial charge on any atom is -0.508 e. The van der Waals surface area contributed by atoms with Crippen molar-refractivity contribution in [3.8, 4) is 17.6 Å². The Morgan fingerprint density at radius 2 is 2.29 bits per heavy atom. The van der Waals surface area contributed by atoms with Crippen molar-refractivity contribution >= 4 is 0 Å². The molecule has 0 amide bonds. The van der Waals surface area contributed by atoms with Gasteiger partial charge in [-0.15, -0.1) is 0 Å². The first-order chi connectivity index (χ1) is 8.17. The van der Waals surface area contributed by atoms with Crippen LogP contribution in [0.3, 0.4) is 0 Å². The first-order valence-electron chi connectivity index (χ1n) is 5.57. The molecule has 0 saturated carbocycles. The van der Waals surface area contributed by atoms with E-state index in [1.54, 1.807) is 12.1 Å². The van der Waals surface area contributed by atoms with E-state index in [2.05, 4.69) is 13.0 Å². The summed E-state index contributed by atoms with van der Waals surface area (Å²) >= 11 is 0. The van der Waals surface area contributed by atoms with E-state index in [4.69, 9.17) is 15.7 Å². The molecular formula is C13H14N2O2. The number of nitrogens with two attached hydrogens (primary N) is 1. The minimum absolute atomic E-state index is 0.0330. The molecule has 1 aliphatic heterocycles. The van der Waals surface area contributed by atoms with E-state index in [0.717, 1.165) is 18.4 Å². The molecule has 1 aromatic carbocycles. The molecule has 1 aromatic rings. The fourth-order valence-electron chi connectivity index (χ4n) is 2.12. The van der Waals surface area contributed by atoms with Crippen LogP contribution in [0.1, 0.15) is 31.2 Å². The van der Waals surface area contributed by atoms with Crippen LogP contribution in [0.2, 0.25) is 0 Å². The molecule has 0 unspecified atom stereocenters. The molecular weight excluding hydrogens is 216 g/mol. The van der Waals surface area contributed by atoms with Crippen molar-refractivity contribution < 1.29 is 9.84 Å². The topological polar surface area (TPSA) is 79.3 Å². The summed E-state index contributed by atoms with van der Waals surface area (Å²) in [7, 11) is 0. The summed E-state index contributed by atoms with van der Waals surface area (Å²) in [4.78, 5) is 0. The highest BCUT2D eigenvalue weighted by Crippen LogP contribution is 2.41. The largest absolute Gasteiger partial charge is 0.508 e. The number of nitrogens with zero attached hydrogens (tertiary/aromatic N) is 1. The Morgan fingerprint density at radius 3 is 2.94 bits per heavy atom. The van der Waals surface area contributed by atoms with Gasteiger partial charge in [-0.25, -0.2) is 0 Å². The molecule has 88 valence electrons. The van der Waals surface area contributed by atoms with Crippen LogP contribution >= 0.6 is 0 Å². The number of allylic oxidation sites excluding steroid dienone is 1. The first kappa shape index (κ1) is 11.3. The van der Waals surface area contributed by atoms with Gasteiger partial charge in [0.15, 0.2) is 0 Å². The summed E-state index contributed by atoms with van der Waals surface area (Å²) in [6.07, 6.45) is 1.79. The van der Waals surface area contributed by atoms with Crippen LogP contribution in [0.15, 0.2) is 29.7 Å². The monoisotopic (exact) mass is 230 g/mol. The molecule has 0 aliphatic carbocycles. The Balaban J connectivity index is 2.52. The van der Waals surface area contributed by atoms with Crippen molar-refractivity contribution in [3.05, 3.63) is 35.2 Å². The van der Waals surface area contributed by atoms with E-state index in [0.29, 0.717) is 11.3 Å². The number of hydrogen-bond donors (Lipinski definition) is 2. The van der Waals surface area contributed by atoms with Gasteiger partial charge in [-0.3, -0.25) is 0 Å². The summed E-state index contributed by atoms with van der Waals surface area (Å²) in [5.74, 6) is 0.783. The van der Waals surface area contributed by atoms with Gasteiger partial charge in [-0.1, -0.05) is 19.4 Å². The number of ether oxygens (including phenoxy) is 1. The fraction of sp³-hybridized carbons (Fsp3) is 0.308. The van der Waals surface area contributed by atoms with Gasteiger partial charge in [0.25, 0.3) is 0 Å². The molecule has 1 atom stereocenters. The Morgan fingerprint density at radius 1 is 1.53 bits per heavy atom. The van der Waals surface area contributed by atoms with E-state index < -0.39 is 0 Å². The van der Waals surface area contributed by atoms with Gasteiger partial charge in [0.1, 0.15) is 17.6 Å². The third-order valence-corrected chi connectivity index (χ3v) is 2.90. The summed E-state index contributed by atoms with van der Waals surface area (Å²) < 4.78 is 5.37. The first-order valence-corrected chi connectivity index (χ1v) is 5.57. The van der Waals surface area contributed by atoms with Gasteiger partial charge in [0.05, 0.1) is 5.57 Å². The fourth-order valence-corrected chi connectivity index (χ4v) is 2.12. The van der Waals surface area contributed by atoms with Crippen molar-refractivity contribution in [2.45, 2.75) is 25.7 Å². The SMILES string of the molecule is CCC[C@H]1C(C#N)=C(N)Oc2cc(O)ccc21. The predicted molar refractivity (Wildman–Crippen MR) is 63.2 cm³/mol. The molecule has 1 aliphatic rings. The highest BCUT2D eigenvalue weighted by atomic mass is 16.5. The van der Waals surface area contributed by atoms with Crippen molar-refractivity contribution in [1.82, 2.24) is 0 Å². The van der Waals surface area contributed by atoms with Crippen LogP contribution in [0.25, 0.3) is 0 Å². The summed E-state index contributed by atoms with van der Waals surface area (Å²) in [5, 5.41) is 18.5. The number of benzene rings is 1. The summed E-state index contributed by atoms with van der Waals surface area (Å²) in [5.41, 5.74) is 7.12. The van der Waals surface area contributed by atoms with Gasteiger partial charge in [-0.05, 0) is 12.5 Å². The Labute approximate surface area is 99.9 Å². The number of phenolic OH excluding ortho intramolecular Hbond substituents is 1. The number of rotatable bonds is 2. The average Bonchev–Trinajstić information content (AvgIpc) is 2.29. The van der Waals surface area contributed by atoms with Crippen LogP contribution < -0.4 is 10.5 Å². The van der Waals surface area contributed by atoms with E-state index in [-0.39, 0.29) is 17.6 Å². The number of phenols is 1. The summed E-state index contributed by atoms with van der Waals surface area (Å²) in [6, 6.07) is 7.02. The highest BCUT2D eigenvalue weighted by molar-refractivity contribution is 5.51. The predicted octanol–water partition coefficient (Wildman–Crippen LogP) is 2.36. The Kier molecular flexibility index (Phi) is 2.92. The molecule has 2 rings (SSSR count). The van der Waals surface area contributed by atoms with E-state index >= 15 is 0 Å². The second kappa shape index (κ2) is 4.38. The quantitative estimate of drug-likeness (QED) is 0.817. The second-order valence-electron chi connectivity index (χ2n) is 4.06. The van der Waals surface area contributed by atoms with Crippen molar-refractivity contribution in [1.29, 1.82) is 5.26 Å². The molecule has 1 heterocycles. The molecule has 0 saturated heterocycles. The zero-order valence-corrected chi connectivity index (χ0v) is 9.60. The van der Waals surface area contributed by atoms with Crippen LogP contribution in [0, 0.1) is 11.3 Å². The number of nitriles is 1. The van der Waals surface area contributed by atoms with Gasteiger partial charge in [0.2, 0.25) is 5.88 Å². The zero-order chi connectivity index (χ0) is 12.4. The number of hydrogen-bond acceptors (Lipinski definition) is 4. The molecule has 0 radical (unpaired) electrons. The zero-order valence-electron chi connectivity index (χ0n) is 9.60. The van der Waals surface area contributed by atoms with E-state index in [1.807, 2.05) is 0 Å². The molecule has 0 aromatic heterocycles. The van der Waals surface area contributed by atoms with Gasteiger partial charge in [0, 0.05) is 17.5 Å². The Hall–Kier alpha value is -2.15. The lowest BCUT2D eigenvalue weighted by atomic mass is 9.86. The maximum atomic E-state index is 9.41. The minimum atomic E-state index is -0.0330. The van der Waals surface area contributed by atoms with Crippen LogP contribution in [0.4, 0.5) is 0 Å². The summed E-state index contributed by atoms with van der Waals surface area (Å²) in [6.45, 7) is 2.06. The van der Waals surface area contributed by atoms with Crippen LogP contribution in [-0.2, 0) is 0 Å². The Bertz CT molecular complexity index is 515. The average molecular weight is 230 g/mol. The molecule has 4 heteroatoms. The third kappa shape index (κ3) is 1.92. The van der Waals surface area contributed by atoms with Crippen molar-refractivity contribution in [3.63, 3.8) is 0 Å².